The molecule has 168 valence electrons. The van der Waals surface area contributed by atoms with E-state index in [0.717, 1.165) is 30.4 Å². The summed E-state index contributed by atoms with van der Waals surface area (Å²) in [6, 6.07) is 12.7. The number of carbonyl (C=O) groups excluding carboxylic acids is 1. The lowest BCUT2D eigenvalue weighted by Crippen LogP contribution is -2.40. The quantitative estimate of drug-likeness (QED) is 0.233. The summed E-state index contributed by atoms with van der Waals surface area (Å²) < 4.78 is 11.1. The van der Waals surface area contributed by atoms with Gasteiger partial charge in [0.1, 0.15) is 0 Å². The molecule has 1 aromatic carbocycles. The molecule has 1 heterocycles. The smallest absolute Gasteiger partial charge is 0.305 e. The lowest BCUT2D eigenvalue weighted by molar-refractivity contribution is -0.140. The van der Waals surface area contributed by atoms with Crippen LogP contribution in [0.15, 0.2) is 54.9 Å². The molecular weight excluding hydrogens is 402 g/mol. The number of esters is 1. The molecular formula is C26H37NO3Si. The highest BCUT2D eigenvalue weighted by Crippen LogP contribution is 2.37. The first kappa shape index (κ1) is 25.0. The molecule has 4 nitrogen and oxygen atoms in total. The number of hydrogen-bond donors (Lipinski definition) is 0. The minimum absolute atomic E-state index is 0.146. The zero-order chi connectivity index (χ0) is 22.9. The molecule has 5 heteroatoms. The minimum Gasteiger partial charge on any atom is -0.469 e. The van der Waals surface area contributed by atoms with Crippen molar-refractivity contribution in [2.75, 3.05) is 7.11 Å². The van der Waals surface area contributed by atoms with Gasteiger partial charge in [-0.15, -0.1) is 0 Å². The molecule has 0 amide bonds. The molecule has 0 saturated heterocycles. The van der Waals surface area contributed by atoms with Crippen LogP contribution in [0.2, 0.25) is 18.1 Å². The summed E-state index contributed by atoms with van der Waals surface area (Å²) in [5, 5.41) is 0.205. The Labute approximate surface area is 188 Å². The van der Waals surface area contributed by atoms with Gasteiger partial charge in [0.05, 0.1) is 13.7 Å². The lowest BCUT2D eigenvalue weighted by atomic mass is 9.96. The number of nitrogens with zero attached hydrogens (tertiary/aromatic N) is 1. The number of aromatic nitrogens is 1. The van der Waals surface area contributed by atoms with E-state index in [1.54, 1.807) is 6.20 Å². The predicted octanol–water partition coefficient (Wildman–Crippen LogP) is 6.77. The van der Waals surface area contributed by atoms with E-state index in [9.17, 15) is 4.79 Å². The van der Waals surface area contributed by atoms with Crippen LogP contribution >= 0.6 is 0 Å². The fraction of sp³-hybridized carbons (Fsp3) is 0.462. The maximum atomic E-state index is 11.3. The maximum Gasteiger partial charge on any atom is 0.305 e. The normalized spacial score (nSPS) is 12.6. The molecule has 0 bridgehead atoms. The van der Waals surface area contributed by atoms with Crippen LogP contribution in [-0.4, -0.2) is 26.4 Å². The van der Waals surface area contributed by atoms with Crippen molar-refractivity contribution in [2.24, 2.45) is 0 Å². The minimum atomic E-state index is -1.76. The van der Waals surface area contributed by atoms with Crippen LogP contribution < -0.4 is 0 Å². The van der Waals surface area contributed by atoms with Gasteiger partial charge < -0.3 is 9.16 Å². The van der Waals surface area contributed by atoms with E-state index in [0.29, 0.717) is 13.0 Å². The Kier molecular flexibility index (Phi) is 9.20. The Morgan fingerprint density at radius 1 is 1.06 bits per heavy atom. The number of methoxy groups -OCH3 is 1. The van der Waals surface area contributed by atoms with Crippen molar-refractivity contribution in [3.8, 4) is 0 Å². The van der Waals surface area contributed by atoms with Crippen LogP contribution in [-0.2, 0) is 20.6 Å². The summed E-state index contributed by atoms with van der Waals surface area (Å²) in [7, 11) is -0.331. The molecule has 0 N–H and O–H groups in total. The highest BCUT2D eigenvalue weighted by atomic mass is 28.4. The Morgan fingerprint density at radius 2 is 1.77 bits per heavy atom. The second kappa shape index (κ2) is 11.4. The van der Waals surface area contributed by atoms with Crippen molar-refractivity contribution in [1.29, 1.82) is 0 Å². The zero-order valence-electron chi connectivity index (χ0n) is 19.9. The molecule has 2 aromatic rings. The van der Waals surface area contributed by atoms with E-state index in [4.69, 9.17) is 9.16 Å². The molecule has 0 saturated carbocycles. The highest BCUT2D eigenvalue weighted by molar-refractivity contribution is 6.74. The molecule has 0 unspecified atom stereocenters. The number of pyridine rings is 1. The fourth-order valence-electron chi connectivity index (χ4n) is 2.95. The van der Waals surface area contributed by atoms with Gasteiger partial charge in [-0.1, -0.05) is 57.2 Å². The highest BCUT2D eigenvalue weighted by Gasteiger charge is 2.36. The SMILES string of the molecule is COC(=O)CCCCC=C(c1ccc(CO[Si](C)(C)C(C)(C)C)cc1)c1cccnc1. The third-order valence-electron chi connectivity index (χ3n) is 6.05. The van der Waals surface area contributed by atoms with Crippen LogP contribution in [0.4, 0.5) is 0 Å². The number of ether oxygens (including phenoxy) is 1. The monoisotopic (exact) mass is 439 g/mol. The molecule has 1 aromatic heterocycles. The summed E-state index contributed by atoms with van der Waals surface area (Å²) >= 11 is 0. The molecule has 0 aliphatic carbocycles. The fourth-order valence-corrected chi connectivity index (χ4v) is 3.91. The first-order valence-electron chi connectivity index (χ1n) is 11.0. The number of allylic oxidation sites excluding steroid dienone is 1. The average Bonchev–Trinajstić information content (AvgIpc) is 2.75. The molecule has 31 heavy (non-hydrogen) atoms. The van der Waals surface area contributed by atoms with E-state index in [1.165, 1.54) is 18.2 Å². The van der Waals surface area contributed by atoms with E-state index in [2.05, 4.69) is 75.3 Å². The summed E-state index contributed by atoms with van der Waals surface area (Å²) in [4.78, 5) is 15.6. The average molecular weight is 440 g/mol. The Hall–Kier alpha value is -2.24. The van der Waals surface area contributed by atoms with E-state index in [-0.39, 0.29) is 11.0 Å². The molecule has 0 atom stereocenters. The largest absolute Gasteiger partial charge is 0.469 e. The molecule has 0 radical (unpaired) electrons. The summed E-state index contributed by atoms with van der Waals surface area (Å²) in [5.41, 5.74) is 4.62. The van der Waals surface area contributed by atoms with Crippen LogP contribution in [0.3, 0.4) is 0 Å². The van der Waals surface area contributed by atoms with Crippen molar-refractivity contribution < 1.29 is 14.0 Å². The molecule has 0 aliphatic rings. The lowest BCUT2D eigenvalue weighted by Gasteiger charge is -2.36. The first-order chi connectivity index (χ1) is 14.6. The Bertz CT molecular complexity index is 852. The van der Waals surface area contributed by atoms with Gasteiger partial charge >= 0.3 is 5.97 Å². The number of hydrogen-bond acceptors (Lipinski definition) is 4. The second-order valence-corrected chi connectivity index (χ2v) is 14.2. The number of unbranched alkanes of at least 4 members (excludes halogenated alkanes) is 2. The van der Waals surface area contributed by atoms with Crippen molar-refractivity contribution in [1.82, 2.24) is 4.98 Å². The van der Waals surface area contributed by atoms with Gasteiger partial charge in [-0.05, 0) is 60.2 Å². The number of benzene rings is 1. The van der Waals surface area contributed by atoms with Gasteiger partial charge in [-0.2, -0.15) is 0 Å². The van der Waals surface area contributed by atoms with Crippen LogP contribution in [0.25, 0.3) is 5.57 Å². The molecule has 2 rings (SSSR count). The summed E-state index contributed by atoms with van der Waals surface area (Å²) in [6.07, 6.45) is 9.07. The topological polar surface area (TPSA) is 48.4 Å². The molecule has 0 aliphatic heterocycles. The van der Waals surface area contributed by atoms with Crippen molar-refractivity contribution in [2.45, 2.75) is 71.2 Å². The van der Waals surface area contributed by atoms with Gasteiger partial charge in [0, 0.05) is 24.4 Å². The van der Waals surface area contributed by atoms with Crippen LogP contribution in [0, 0.1) is 0 Å². The second-order valence-electron chi connectivity index (χ2n) is 9.43. The van der Waals surface area contributed by atoms with Gasteiger partial charge in [0.25, 0.3) is 0 Å². The van der Waals surface area contributed by atoms with E-state index >= 15 is 0 Å². The number of rotatable bonds is 10. The van der Waals surface area contributed by atoms with Gasteiger partial charge in [-0.3, -0.25) is 9.78 Å². The van der Waals surface area contributed by atoms with Gasteiger partial charge in [-0.25, -0.2) is 0 Å². The van der Waals surface area contributed by atoms with Crippen molar-refractivity contribution in [3.05, 3.63) is 71.6 Å². The number of carbonyl (C=O) groups is 1. The standard InChI is InChI=1S/C26H37NO3Si/c1-26(2,3)31(5,6)30-20-21-14-16-22(17-15-21)24(23-11-10-18-27-19-23)12-8-7-9-13-25(28)29-4/h10-12,14-19H,7-9,13,20H2,1-6H3. The van der Waals surface area contributed by atoms with E-state index in [1.807, 2.05) is 12.3 Å². The Balaban J connectivity index is 2.10. The Morgan fingerprint density at radius 3 is 2.35 bits per heavy atom. The molecule has 0 fully saturated rings. The van der Waals surface area contributed by atoms with Gasteiger partial charge in [0.2, 0.25) is 0 Å². The third kappa shape index (κ3) is 7.75. The third-order valence-corrected chi connectivity index (χ3v) is 10.5. The summed E-state index contributed by atoms with van der Waals surface area (Å²) in [6.45, 7) is 12.0. The first-order valence-corrected chi connectivity index (χ1v) is 14.0. The zero-order valence-corrected chi connectivity index (χ0v) is 20.9. The predicted molar refractivity (Wildman–Crippen MR) is 130 cm³/mol. The van der Waals surface area contributed by atoms with E-state index < -0.39 is 8.32 Å². The summed E-state index contributed by atoms with van der Waals surface area (Å²) in [5.74, 6) is -0.146. The maximum absolute atomic E-state index is 11.3. The van der Waals surface area contributed by atoms with Crippen LogP contribution in [0.1, 0.15) is 63.1 Å². The van der Waals surface area contributed by atoms with Gasteiger partial charge in [0.15, 0.2) is 8.32 Å². The van der Waals surface area contributed by atoms with Crippen molar-refractivity contribution >= 4 is 19.9 Å². The molecule has 0 spiro atoms. The van der Waals surface area contributed by atoms with Crippen molar-refractivity contribution in [3.63, 3.8) is 0 Å². The van der Waals surface area contributed by atoms with Crippen LogP contribution in [0.5, 0.6) is 0 Å².